The number of benzene rings is 1. The minimum atomic E-state index is -0.177. The zero-order valence-corrected chi connectivity index (χ0v) is 16.8. The first kappa shape index (κ1) is 19.2. The van der Waals surface area contributed by atoms with Gasteiger partial charge in [-0.1, -0.05) is 30.3 Å². The van der Waals surface area contributed by atoms with E-state index in [0.29, 0.717) is 23.6 Å². The van der Waals surface area contributed by atoms with Crippen molar-refractivity contribution in [3.8, 4) is 16.9 Å². The highest BCUT2D eigenvalue weighted by Gasteiger charge is 2.23. The number of aromatic nitrogens is 2. The molecular weight excluding hydrogens is 384 g/mol. The number of carbonyl (C=O) groups excluding carboxylic acids is 1. The number of hydrogen-bond acceptors (Lipinski definition) is 5. The van der Waals surface area contributed by atoms with Crippen LogP contribution in [0.4, 0.5) is 0 Å². The number of nitrogens with one attached hydrogen (secondary N) is 2. The maximum absolute atomic E-state index is 13.0. The summed E-state index contributed by atoms with van der Waals surface area (Å²) < 4.78 is 5.64. The third-order valence-corrected chi connectivity index (χ3v) is 5.81. The molecule has 6 nitrogen and oxygen atoms in total. The molecule has 4 N–H and O–H groups in total. The molecule has 0 aliphatic heterocycles. The van der Waals surface area contributed by atoms with Crippen molar-refractivity contribution in [2.24, 2.45) is 5.73 Å². The van der Waals surface area contributed by atoms with E-state index in [4.69, 9.17) is 10.5 Å². The Bertz CT molecular complexity index is 1120. The smallest absolute Gasteiger partial charge is 0.265 e. The van der Waals surface area contributed by atoms with Crippen LogP contribution >= 0.6 is 11.3 Å². The van der Waals surface area contributed by atoms with Gasteiger partial charge >= 0.3 is 0 Å². The van der Waals surface area contributed by atoms with E-state index < -0.39 is 0 Å². The average molecular weight is 407 g/mol. The van der Waals surface area contributed by atoms with Crippen molar-refractivity contribution in [2.45, 2.75) is 12.5 Å². The number of nitrogens with zero attached hydrogens (tertiary/aromatic N) is 1. The first-order valence-electron chi connectivity index (χ1n) is 9.34. The van der Waals surface area contributed by atoms with Crippen molar-refractivity contribution in [1.82, 2.24) is 15.3 Å². The van der Waals surface area contributed by atoms with Crippen molar-refractivity contribution in [3.05, 3.63) is 70.7 Å². The molecule has 29 heavy (non-hydrogen) atoms. The molecule has 0 saturated heterocycles. The van der Waals surface area contributed by atoms with Crippen LogP contribution in [0.25, 0.3) is 22.2 Å². The van der Waals surface area contributed by atoms with Crippen LogP contribution in [0.15, 0.2) is 60.2 Å². The Morgan fingerprint density at radius 3 is 2.83 bits per heavy atom. The normalized spacial score (nSPS) is 12.1. The SMILES string of the molecule is COc1c(-c2ccnc3[nH]ccc23)csc1C(=O)NC(CN)Cc1ccccc1. The van der Waals surface area contributed by atoms with E-state index in [1.807, 2.05) is 54.0 Å². The molecule has 3 heterocycles. The molecule has 1 aromatic carbocycles. The lowest BCUT2D eigenvalue weighted by atomic mass is 10.0. The van der Waals surface area contributed by atoms with Gasteiger partial charge in [-0.05, 0) is 29.7 Å². The summed E-state index contributed by atoms with van der Waals surface area (Å²) in [5.74, 6) is 0.389. The zero-order valence-electron chi connectivity index (χ0n) is 16.0. The number of ether oxygens (including phenoxy) is 1. The summed E-state index contributed by atoms with van der Waals surface area (Å²) in [5.41, 5.74) is 9.70. The summed E-state index contributed by atoms with van der Waals surface area (Å²) in [6.45, 7) is 0.357. The van der Waals surface area contributed by atoms with Crippen molar-refractivity contribution in [3.63, 3.8) is 0 Å². The maximum Gasteiger partial charge on any atom is 0.265 e. The molecule has 1 unspecified atom stereocenters. The summed E-state index contributed by atoms with van der Waals surface area (Å²) in [5, 5.41) is 5.99. The molecule has 0 aliphatic carbocycles. The molecule has 1 amide bonds. The number of hydrogen-bond donors (Lipinski definition) is 3. The lowest BCUT2D eigenvalue weighted by Gasteiger charge is -2.17. The van der Waals surface area contributed by atoms with Crippen LogP contribution in [-0.4, -0.2) is 35.6 Å². The number of pyridine rings is 1. The summed E-state index contributed by atoms with van der Waals surface area (Å²) in [7, 11) is 1.59. The molecule has 0 aliphatic rings. The Hall–Kier alpha value is -3.16. The Kier molecular flexibility index (Phi) is 5.59. The summed E-state index contributed by atoms with van der Waals surface area (Å²) in [4.78, 5) is 21.0. The number of methoxy groups -OCH3 is 1. The number of fused-ring (bicyclic) bond motifs is 1. The van der Waals surface area contributed by atoms with E-state index in [1.54, 1.807) is 13.3 Å². The molecule has 0 fully saturated rings. The third-order valence-electron chi connectivity index (χ3n) is 4.85. The second-order valence-corrected chi connectivity index (χ2v) is 7.59. The first-order chi connectivity index (χ1) is 14.2. The van der Waals surface area contributed by atoms with Gasteiger partial charge in [-0.3, -0.25) is 4.79 Å². The van der Waals surface area contributed by atoms with Gasteiger partial charge in [-0.2, -0.15) is 0 Å². The maximum atomic E-state index is 13.0. The number of carbonyl (C=O) groups is 1. The van der Waals surface area contributed by atoms with Crippen LogP contribution in [0, 0.1) is 0 Å². The van der Waals surface area contributed by atoms with Gasteiger partial charge in [0.25, 0.3) is 5.91 Å². The topological polar surface area (TPSA) is 93.0 Å². The predicted molar refractivity (Wildman–Crippen MR) is 116 cm³/mol. The van der Waals surface area contributed by atoms with Gasteiger partial charge in [0.15, 0.2) is 0 Å². The molecule has 0 radical (unpaired) electrons. The number of rotatable bonds is 7. The number of aromatic amines is 1. The van der Waals surface area contributed by atoms with Gasteiger partial charge in [0.05, 0.1) is 7.11 Å². The lowest BCUT2D eigenvalue weighted by molar-refractivity contribution is 0.0939. The molecule has 0 bridgehead atoms. The zero-order chi connectivity index (χ0) is 20.2. The fourth-order valence-electron chi connectivity index (χ4n) is 3.43. The van der Waals surface area contributed by atoms with Gasteiger partial charge in [0.1, 0.15) is 16.3 Å². The van der Waals surface area contributed by atoms with Crippen LogP contribution in [0.5, 0.6) is 5.75 Å². The highest BCUT2D eigenvalue weighted by atomic mass is 32.1. The predicted octanol–water partition coefficient (Wildman–Crippen LogP) is 3.60. The summed E-state index contributed by atoms with van der Waals surface area (Å²) >= 11 is 1.37. The minimum Gasteiger partial charge on any atom is -0.494 e. The number of thiophene rings is 1. The Labute approximate surface area is 172 Å². The molecule has 0 saturated carbocycles. The standard InChI is InChI=1S/C22H22N4O2S/c1-28-19-18(16-7-9-24-21-17(16)8-10-25-21)13-29-20(19)22(27)26-15(12-23)11-14-5-3-2-4-6-14/h2-10,13,15H,11-12,23H2,1H3,(H,24,25)(H,26,27). The Balaban J connectivity index is 1.60. The molecule has 0 spiro atoms. The van der Waals surface area contributed by atoms with E-state index in [2.05, 4.69) is 15.3 Å². The average Bonchev–Trinajstić information content (AvgIpc) is 3.40. The highest BCUT2D eigenvalue weighted by molar-refractivity contribution is 7.13. The highest BCUT2D eigenvalue weighted by Crippen LogP contribution is 2.40. The van der Waals surface area contributed by atoms with Crippen molar-refractivity contribution in [1.29, 1.82) is 0 Å². The quantitative estimate of drug-likeness (QED) is 0.437. The van der Waals surface area contributed by atoms with Crippen LogP contribution in [0.2, 0.25) is 0 Å². The summed E-state index contributed by atoms with van der Waals surface area (Å²) in [6, 6.07) is 13.7. The number of H-pyrrole nitrogens is 1. The molecule has 4 rings (SSSR count). The van der Waals surface area contributed by atoms with Gasteiger partial charge in [0.2, 0.25) is 0 Å². The van der Waals surface area contributed by atoms with E-state index in [1.165, 1.54) is 11.3 Å². The van der Waals surface area contributed by atoms with E-state index in [9.17, 15) is 4.79 Å². The van der Waals surface area contributed by atoms with Crippen LogP contribution in [0.1, 0.15) is 15.2 Å². The van der Waals surface area contributed by atoms with E-state index >= 15 is 0 Å². The lowest BCUT2D eigenvalue weighted by Crippen LogP contribution is -2.41. The molecule has 4 aromatic rings. The molecular formula is C22H22N4O2S. The van der Waals surface area contributed by atoms with Crippen LogP contribution < -0.4 is 15.8 Å². The third kappa shape index (κ3) is 3.87. The largest absolute Gasteiger partial charge is 0.494 e. The Morgan fingerprint density at radius 1 is 1.24 bits per heavy atom. The molecule has 7 heteroatoms. The first-order valence-corrected chi connectivity index (χ1v) is 10.2. The van der Waals surface area contributed by atoms with Crippen LogP contribution in [-0.2, 0) is 6.42 Å². The van der Waals surface area contributed by atoms with E-state index in [-0.39, 0.29) is 11.9 Å². The number of nitrogens with two attached hydrogens (primary N) is 1. The number of amides is 1. The van der Waals surface area contributed by atoms with Crippen molar-refractivity contribution < 1.29 is 9.53 Å². The molecule has 148 valence electrons. The van der Waals surface area contributed by atoms with Gasteiger partial charge in [0, 0.05) is 41.3 Å². The van der Waals surface area contributed by atoms with Crippen molar-refractivity contribution in [2.75, 3.05) is 13.7 Å². The second-order valence-electron chi connectivity index (χ2n) is 6.71. The van der Waals surface area contributed by atoms with Crippen LogP contribution in [0.3, 0.4) is 0 Å². The van der Waals surface area contributed by atoms with Crippen molar-refractivity contribution >= 4 is 28.3 Å². The Morgan fingerprint density at radius 2 is 2.07 bits per heavy atom. The van der Waals surface area contributed by atoms with Gasteiger partial charge in [-0.15, -0.1) is 11.3 Å². The monoisotopic (exact) mass is 406 g/mol. The fraction of sp³-hybridized carbons (Fsp3) is 0.182. The fourth-order valence-corrected chi connectivity index (χ4v) is 4.37. The molecule has 3 aromatic heterocycles. The van der Waals surface area contributed by atoms with E-state index in [0.717, 1.165) is 27.7 Å². The van der Waals surface area contributed by atoms with Gasteiger partial charge in [-0.25, -0.2) is 4.98 Å². The summed E-state index contributed by atoms with van der Waals surface area (Å²) in [6.07, 6.45) is 4.27. The second kappa shape index (κ2) is 8.46. The van der Waals surface area contributed by atoms with Gasteiger partial charge < -0.3 is 20.8 Å². The minimum absolute atomic E-state index is 0.155. The molecule has 1 atom stereocenters.